The van der Waals surface area contributed by atoms with Crippen LogP contribution in [0.4, 0.5) is 0 Å². The predicted octanol–water partition coefficient (Wildman–Crippen LogP) is 4.16. The Balaban J connectivity index is 1.54. The highest BCUT2D eigenvalue weighted by molar-refractivity contribution is 6.34. The molecule has 3 rings (SSSR count). The Morgan fingerprint density at radius 1 is 0.878 bits per heavy atom. The Morgan fingerprint density at radius 3 is 2.24 bits per heavy atom. The Kier molecular flexibility index (Phi) is 11.5. The number of carbonyl (C=O) groups is 4. The molecule has 1 atom stereocenters. The number of ether oxygens (including phenoxy) is 1. The first-order valence-electron chi connectivity index (χ1n) is 13.1. The van der Waals surface area contributed by atoms with Gasteiger partial charge in [0.25, 0.3) is 17.7 Å². The van der Waals surface area contributed by atoms with Gasteiger partial charge in [-0.1, -0.05) is 43.5 Å². The van der Waals surface area contributed by atoms with E-state index in [1.54, 1.807) is 36.4 Å². The van der Waals surface area contributed by atoms with Crippen molar-refractivity contribution in [3.05, 3.63) is 94.0 Å². The monoisotopic (exact) mass is 581 g/mol. The maximum Gasteiger partial charge on any atom is 0.328 e. The first-order valence-corrected chi connectivity index (χ1v) is 13.5. The molecule has 10 nitrogen and oxygen atoms in total. The molecule has 0 aliphatic rings. The summed E-state index contributed by atoms with van der Waals surface area (Å²) < 4.78 is 5.62. The summed E-state index contributed by atoms with van der Waals surface area (Å²) in [5, 5.41) is 26.6. The van der Waals surface area contributed by atoms with E-state index in [-0.39, 0.29) is 35.0 Å². The van der Waals surface area contributed by atoms with Crippen LogP contribution in [0.15, 0.2) is 66.7 Å². The minimum absolute atomic E-state index is 0.0386. The Bertz CT molecular complexity index is 1380. The van der Waals surface area contributed by atoms with E-state index in [1.165, 1.54) is 30.3 Å². The van der Waals surface area contributed by atoms with E-state index in [4.69, 9.17) is 16.3 Å². The summed E-state index contributed by atoms with van der Waals surface area (Å²) in [4.78, 5) is 49.6. The van der Waals surface area contributed by atoms with Gasteiger partial charge in [0.1, 0.15) is 17.5 Å². The van der Waals surface area contributed by atoms with Gasteiger partial charge >= 0.3 is 5.97 Å². The van der Waals surface area contributed by atoms with Gasteiger partial charge in [-0.2, -0.15) is 0 Å². The summed E-state index contributed by atoms with van der Waals surface area (Å²) in [5.41, 5.74) is 1.15. The van der Waals surface area contributed by atoms with Gasteiger partial charge in [0.15, 0.2) is 0 Å². The van der Waals surface area contributed by atoms with Gasteiger partial charge in [-0.05, 0) is 66.6 Å². The van der Waals surface area contributed by atoms with E-state index in [2.05, 4.69) is 22.9 Å². The lowest BCUT2D eigenvalue weighted by Gasteiger charge is -2.16. The van der Waals surface area contributed by atoms with Crippen molar-refractivity contribution < 1.29 is 34.1 Å². The van der Waals surface area contributed by atoms with Crippen LogP contribution in [0.5, 0.6) is 11.5 Å². The van der Waals surface area contributed by atoms with Crippen molar-refractivity contribution in [2.24, 2.45) is 0 Å². The van der Waals surface area contributed by atoms with Crippen LogP contribution < -0.4 is 20.7 Å². The predicted molar refractivity (Wildman–Crippen MR) is 153 cm³/mol. The largest absolute Gasteiger partial charge is 0.508 e. The number of amides is 3. The molecule has 5 N–H and O–H groups in total. The van der Waals surface area contributed by atoms with Crippen LogP contribution in [-0.2, 0) is 11.3 Å². The molecule has 3 amide bonds. The van der Waals surface area contributed by atoms with E-state index in [0.717, 1.165) is 19.3 Å². The first-order chi connectivity index (χ1) is 19.7. The van der Waals surface area contributed by atoms with Crippen molar-refractivity contribution in [2.75, 3.05) is 13.2 Å². The normalized spacial score (nSPS) is 11.3. The van der Waals surface area contributed by atoms with Crippen LogP contribution in [-0.4, -0.2) is 53.1 Å². The zero-order valence-corrected chi connectivity index (χ0v) is 23.2. The van der Waals surface area contributed by atoms with Gasteiger partial charge in [-0.25, -0.2) is 4.79 Å². The molecule has 216 valence electrons. The standard InChI is InChI=1S/C30H32ClN3O7/c1-2-3-4-14-41-23-11-8-20(9-12-23)27(36)33-18-26(30(39)40)34-29(38)24-13-10-21(16-25(24)31)28(37)32-17-19-6-5-7-22(35)15-19/h5-13,15-16,26,35H,2-4,14,17-18H2,1H3,(H,32,37)(H,33,36)(H,34,38)(H,39,40)/t26-/m0/s1. The lowest BCUT2D eigenvalue weighted by molar-refractivity contribution is -0.139. The third-order valence-electron chi connectivity index (χ3n) is 6.04. The van der Waals surface area contributed by atoms with Crippen LogP contribution in [0, 0.1) is 0 Å². The average molecular weight is 582 g/mol. The molecule has 0 aromatic heterocycles. The fraction of sp³-hybridized carbons (Fsp3) is 0.267. The lowest BCUT2D eigenvalue weighted by atomic mass is 10.1. The zero-order valence-electron chi connectivity index (χ0n) is 22.5. The number of nitrogens with one attached hydrogen (secondary N) is 3. The SMILES string of the molecule is CCCCCOc1ccc(C(=O)NC[C@H](NC(=O)c2ccc(C(=O)NCc3cccc(O)c3)cc2Cl)C(=O)O)cc1. The number of hydrogen-bond acceptors (Lipinski definition) is 6. The van der Waals surface area contributed by atoms with Crippen LogP contribution >= 0.6 is 11.6 Å². The number of hydrogen-bond donors (Lipinski definition) is 5. The highest BCUT2D eigenvalue weighted by Crippen LogP contribution is 2.19. The number of phenols is 1. The van der Waals surface area contributed by atoms with Crippen LogP contribution in [0.2, 0.25) is 5.02 Å². The topological polar surface area (TPSA) is 154 Å². The van der Waals surface area contributed by atoms with E-state index < -0.39 is 29.7 Å². The summed E-state index contributed by atoms with van der Waals surface area (Å²) in [5.74, 6) is -2.40. The Morgan fingerprint density at radius 2 is 1.59 bits per heavy atom. The molecule has 0 heterocycles. The highest BCUT2D eigenvalue weighted by atomic mass is 35.5. The Hall–Kier alpha value is -4.57. The first kappa shape index (κ1) is 31.0. The maximum atomic E-state index is 12.8. The number of carboxylic acid groups (broad SMARTS) is 1. The number of carboxylic acids is 1. The van der Waals surface area contributed by atoms with Crippen molar-refractivity contribution in [2.45, 2.75) is 38.8 Å². The number of benzene rings is 3. The van der Waals surface area contributed by atoms with Gasteiger partial charge in [0.05, 0.1) is 17.2 Å². The van der Waals surface area contributed by atoms with Gasteiger partial charge < -0.3 is 30.9 Å². The van der Waals surface area contributed by atoms with Gasteiger partial charge in [-0.3, -0.25) is 14.4 Å². The van der Waals surface area contributed by atoms with E-state index >= 15 is 0 Å². The van der Waals surface area contributed by atoms with Crippen molar-refractivity contribution in [1.82, 2.24) is 16.0 Å². The van der Waals surface area contributed by atoms with Gasteiger partial charge in [0, 0.05) is 24.2 Å². The van der Waals surface area contributed by atoms with Crippen molar-refractivity contribution in [3.8, 4) is 11.5 Å². The van der Waals surface area contributed by atoms with E-state index in [1.807, 2.05) is 0 Å². The second-order valence-electron chi connectivity index (χ2n) is 9.20. The summed E-state index contributed by atoms with van der Waals surface area (Å²) in [6.45, 7) is 2.48. The Labute approximate surface area is 242 Å². The third kappa shape index (κ3) is 9.54. The molecule has 0 unspecified atom stereocenters. The molecule has 0 spiro atoms. The van der Waals surface area contributed by atoms with Crippen LogP contribution in [0.1, 0.15) is 62.8 Å². The minimum atomic E-state index is -1.44. The number of aromatic hydroxyl groups is 1. The summed E-state index contributed by atoms with van der Waals surface area (Å²) in [6.07, 6.45) is 3.09. The quantitative estimate of drug-likeness (QED) is 0.179. The fourth-order valence-electron chi connectivity index (χ4n) is 3.77. The van der Waals surface area contributed by atoms with E-state index in [0.29, 0.717) is 23.5 Å². The molecule has 0 bridgehead atoms. The number of halogens is 1. The number of carbonyl (C=O) groups excluding carboxylic acids is 3. The van der Waals surface area contributed by atoms with Crippen molar-refractivity contribution in [1.29, 1.82) is 0 Å². The summed E-state index contributed by atoms with van der Waals surface area (Å²) in [6, 6.07) is 15.4. The van der Waals surface area contributed by atoms with Crippen LogP contribution in [0.3, 0.4) is 0 Å². The summed E-state index contributed by atoms with van der Waals surface area (Å²) >= 11 is 6.24. The number of unbranched alkanes of at least 4 members (excludes halogenated alkanes) is 2. The smallest absolute Gasteiger partial charge is 0.328 e. The summed E-state index contributed by atoms with van der Waals surface area (Å²) in [7, 11) is 0. The lowest BCUT2D eigenvalue weighted by Crippen LogP contribution is -2.48. The number of phenolic OH excluding ortho intramolecular Hbond substituents is 1. The highest BCUT2D eigenvalue weighted by Gasteiger charge is 2.23. The number of aliphatic carboxylic acids is 1. The molecule has 0 radical (unpaired) electrons. The second-order valence-corrected chi connectivity index (χ2v) is 9.61. The second kappa shape index (κ2) is 15.3. The maximum absolute atomic E-state index is 12.8. The molecule has 0 fully saturated rings. The third-order valence-corrected chi connectivity index (χ3v) is 6.36. The molecule has 0 saturated carbocycles. The molecular weight excluding hydrogens is 550 g/mol. The molecule has 0 aliphatic carbocycles. The van der Waals surface area contributed by atoms with Crippen LogP contribution in [0.25, 0.3) is 0 Å². The van der Waals surface area contributed by atoms with Gasteiger partial charge in [0.2, 0.25) is 0 Å². The molecule has 3 aromatic rings. The van der Waals surface area contributed by atoms with E-state index in [9.17, 15) is 29.4 Å². The number of rotatable bonds is 14. The van der Waals surface area contributed by atoms with Crippen molar-refractivity contribution >= 4 is 35.3 Å². The molecule has 11 heteroatoms. The molecule has 3 aromatic carbocycles. The zero-order chi connectivity index (χ0) is 29.8. The molecular formula is C30H32ClN3O7. The van der Waals surface area contributed by atoms with Gasteiger partial charge in [-0.15, -0.1) is 0 Å². The minimum Gasteiger partial charge on any atom is -0.508 e. The molecule has 0 aliphatic heterocycles. The molecule has 41 heavy (non-hydrogen) atoms. The average Bonchev–Trinajstić information content (AvgIpc) is 2.96. The fourth-order valence-corrected chi connectivity index (χ4v) is 4.04. The molecule has 0 saturated heterocycles. The van der Waals surface area contributed by atoms with Crippen molar-refractivity contribution in [3.63, 3.8) is 0 Å².